The fourth-order valence-corrected chi connectivity index (χ4v) is 1.41. The topological polar surface area (TPSA) is 85.6 Å². The van der Waals surface area contributed by atoms with Gasteiger partial charge in [0.2, 0.25) is 0 Å². The lowest BCUT2D eigenvalue weighted by Crippen LogP contribution is -2.41. The van der Waals surface area contributed by atoms with Gasteiger partial charge in [-0.05, 0) is 6.92 Å². The number of carbonyl (C=O) groups excluding carboxylic acids is 1. The van der Waals surface area contributed by atoms with Crippen LogP contribution in [0.5, 0.6) is 0 Å². The zero-order valence-corrected chi connectivity index (χ0v) is 9.85. The summed E-state index contributed by atoms with van der Waals surface area (Å²) in [6.45, 7) is 3.96. The molecule has 0 aromatic rings. The van der Waals surface area contributed by atoms with E-state index in [1.165, 1.54) is 6.20 Å². The SMILES string of the molecule is CC(O)CN/C=C(/C#N)C(=O)N1CCOCC1. The Kier molecular flexibility index (Phi) is 5.46. The molecule has 0 aliphatic carbocycles. The Bertz CT molecular complexity index is 327. The molecule has 94 valence electrons. The van der Waals surface area contributed by atoms with Crippen LogP contribution in [0.3, 0.4) is 0 Å². The van der Waals surface area contributed by atoms with E-state index in [1.807, 2.05) is 6.07 Å². The monoisotopic (exact) mass is 239 g/mol. The summed E-state index contributed by atoms with van der Waals surface area (Å²) in [5, 5.41) is 20.7. The molecule has 0 radical (unpaired) electrons. The Hall–Kier alpha value is -1.58. The van der Waals surface area contributed by atoms with Gasteiger partial charge in [0.1, 0.15) is 11.6 Å². The molecule has 0 saturated carbocycles. The van der Waals surface area contributed by atoms with Crippen molar-refractivity contribution in [2.45, 2.75) is 13.0 Å². The maximum Gasteiger partial charge on any atom is 0.266 e. The summed E-state index contributed by atoms with van der Waals surface area (Å²) in [5.41, 5.74) is 0.0487. The van der Waals surface area contributed by atoms with Crippen LogP contribution in [0.4, 0.5) is 0 Å². The second-order valence-electron chi connectivity index (χ2n) is 3.83. The number of ether oxygens (including phenoxy) is 1. The van der Waals surface area contributed by atoms with Crippen LogP contribution in [0.1, 0.15) is 6.92 Å². The molecule has 1 saturated heterocycles. The third-order valence-corrected chi connectivity index (χ3v) is 2.31. The number of amides is 1. The number of nitrogens with one attached hydrogen (secondary N) is 1. The van der Waals surface area contributed by atoms with Gasteiger partial charge in [0.15, 0.2) is 0 Å². The molecule has 1 amide bonds. The molecule has 1 fully saturated rings. The third kappa shape index (κ3) is 4.43. The van der Waals surface area contributed by atoms with Crippen molar-refractivity contribution in [1.29, 1.82) is 5.26 Å². The second kappa shape index (κ2) is 6.89. The van der Waals surface area contributed by atoms with Crippen LogP contribution in [0.2, 0.25) is 0 Å². The maximum absolute atomic E-state index is 11.9. The number of hydrogen-bond acceptors (Lipinski definition) is 5. The van der Waals surface area contributed by atoms with E-state index in [4.69, 9.17) is 15.1 Å². The molecule has 0 bridgehead atoms. The molecular formula is C11H17N3O3. The zero-order chi connectivity index (χ0) is 12.7. The van der Waals surface area contributed by atoms with Crippen LogP contribution < -0.4 is 5.32 Å². The number of aliphatic hydroxyl groups excluding tert-OH is 1. The van der Waals surface area contributed by atoms with Crippen molar-refractivity contribution in [2.24, 2.45) is 0 Å². The average molecular weight is 239 g/mol. The molecule has 0 aromatic carbocycles. The Morgan fingerprint density at radius 3 is 2.82 bits per heavy atom. The zero-order valence-electron chi connectivity index (χ0n) is 9.85. The molecular weight excluding hydrogens is 222 g/mol. The van der Waals surface area contributed by atoms with E-state index < -0.39 is 6.10 Å². The van der Waals surface area contributed by atoms with Crippen molar-refractivity contribution in [3.63, 3.8) is 0 Å². The molecule has 6 nitrogen and oxygen atoms in total. The van der Waals surface area contributed by atoms with Gasteiger partial charge in [0.25, 0.3) is 5.91 Å². The van der Waals surface area contributed by atoms with Crippen LogP contribution in [0.15, 0.2) is 11.8 Å². The molecule has 1 heterocycles. The predicted octanol–water partition coefficient (Wildman–Crippen LogP) is -0.777. The lowest BCUT2D eigenvalue weighted by molar-refractivity contribution is -0.130. The Labute approximate surface area is 100 Å². The fourth-order valence-electron chi connectivity index (χ4n) is 1.41. The number of morpholine rings is 1. The van der Waals surface area contributed by atoms with Gasteiger partial charge in [-0.3, -0.25) is 4.79 Å². The van der Waals surface area contributed by atoms with E-state index in [-0.39, 0.29) is 11.5 Å². The van der Waals surface area contributed by atoms with Crippen molar-refractivity contribution in [2.75, 3.05) is 32.8 Å². The first-order chi connectivity index (χ1) is 8.15. The highest BCUT2D eigenvalue weighted by atomic mass is 16.5. The number of rotatable bonds is 4. The van der Waals surface area contributed by atoms with Crippen LogP contribution in [-0.2, 0) is 9.53 Å². The van der Waals surface area contributed by atoms with Gasteiger partial charge in [0.05, 0.1) is 19.3 Å². The summed E-state index contributed by atoms with van der Waals surface area (Å²) in [5.74, 6) is -0.297. The summed E-state index contributed by atoms with van der Waals surface area (Å²) in [6.07, 6.45) is 0.828. The third-order valence-electron chi connectivity index (χ3n) is 2.31. The van der Waals surface area contributed by atoms with Crippen LogP contribution in [0.25, 0.3) is 0 Å². The normalized spacial score (nSPS) is 18.4. The first-order valence-electron chi connectivity index (χ1n) is 5.54. The molecule has 1 atom stereocenters. The molecule has 1 unspecified atom stereocenters. The van der Waals surface area contributed by atoms with E-state index in [0.29, 0.717) is 32.8 Å². The quantitative estimate of drug-likeness (QED) is 0.496. The highest BCUT2D eigenvalue weighted by Crippen LogP contribution is 2.03. The lowest BCUT2D eigenvalue weighted by atomic mass is 10.2. The van der Waals surface area contributed by atoms with E-state index >= 15 is 0 Å². The average Bonchev–Trinajstić information content (AvgIpc) is 2.34. The Balaban J connectivity index is 2.54. The lowest BCUT2D eigenvalue weighted by Gasteiger charge is -2.26. The van der Waals surface area contributed by atoms with E-state index in [0.717, 1.165) is 0 Å². The first kappa shape index (κ1) is 13.5. The number of carbonyl (C=O) groups is 1. The van der Waals surface area contributed by atoms with Crippen molar-refractivity contribution >= 4 is 5.91 Å². The second-order valence-corrected chi connectivity index (χ2v) is 3.83. The molecule has 1 rings (SSSR count). The van der Waals surface area contributed by atoms with Crippen LogP contribution in [0, 0.1) is 11.3 Å². The van der Waals surface area contributed by atoms with Gasteiger partial charge in [-0.2, -0.15) is 5.26 Å². The van der Waals surface area contributed by atoms with E-state index in [2.05, 4.69) is 5.32 Å². The van der Waals surface area contributed by atoms with Gasteiger partial charge < -0.3 is 20.1 Å². The van der Waals surface area contributed by atoms with Crippen molar-refractivity contribution < 1.29 is 14.6 Å². The van der Waals surface area contributed by atoms with Crippen molar-refractivity contribution in [3.8, 4) is 6.07 Å². The minimum atomic E-state index is -0.523. The number of nitriles is 1. The van der Waals surface area contributed by atoms with Crippen LogP contribution in [-0.4, -0.2) is 54.9 Å². The highest BCUT2D eigenvalue weighted by Gasteiger charge is 2.20. The number of nitrogens with zero attached hydrogens (tertiary/aromatic N) is 2. The van der Waals surface area contributed by atoms with Gasteiger partial charge in [0, 0.05) is 25.8 Å². The van der Waals surface area contributed by atoms with Crippen LogP contribution >= 0.6 is 0 Å². The van der Waals surface area contributed by atoms with Crippen molar-refractivity contribution in [1.82, 2.24) is 10.2 Å². The highest BCUT2D eigenvalue weighted by molar-refractivity contribution is 5.97. The van der Waals surface area contributed by atoms with E-state index in [9.17, 15) is 4.79 Å². The molecule has 1 aliphatic rings. The summed E-state index contributed by atoms with van der Waals surface area (Å²) in [7, 11) is 0. The predicted molar refractivity (Wildman–Crippen MR) is 60.8 cm³/mol. The van der Waals surface area contributed by atoms with Gasteiger partial charge >= 0.3 is 0 Å². The summed E-state index contributed by atoms with van der Waals surface area (Å²) in [6, 6.07) is 1.86. The summed E-state index contributed by atoms with van der Waals surface area (Å²) >= 11 is 0. The van der Waals surface area contributed by atoms with Gasteiger partial charge in [-0.1, -0.05) is 0 Å². The molecule has 0 spiro atoms. The minimum Gasteiger partial charge on any atom is -0.392 e. The summed E-state index contributed by atoms with van der Waals surface area (Å²) < 4.78 is 5.13. The minimum absolute atomic E-state index is 0.0487. The first-order valence-corrected chi connectivity index (χ1v) is 5.54. The standard InChI is InChI=1S/C11H17N3O3/c1-9(15)7-13-8-10(6-12)11(16)14-2-4-17-5-3-14/h8-9,13,15H,2-5,7H2,1H3/b10-8-. The smallest absolute Gasteiger partial charge is 0.266 e. The van der Waals surface area contributed by atoms with Crippen molar-refractivity contribution in [3.05, 3.63) is 11.8 Å². The number of aliphatic hydroxyl groups is 1. The molecule has 0 aromatic heterocycles. The maximum atomic E-state index is 11.9. The molecule has 6 heteroatoms. The number of hydrogen-bond donors (Lipinski definition) is 2. The Morgan fingerprint density at radius 2 is 2.29 bits per heavy atom. The van der Waals surface area contributed by atoms with E-state index in [1.54, 1.807) is 11.8 Å². The fraction of sp³-hybridized carbons (Fsp3) is 0.636. The Morgan fingerprint density at radius 1 is 1.65 bits per heavy atom. The summed E-state index contributed by atoms with van der Waals surface area (Å²) in [4.78, 5) is 13.5. The largest absolute Gasteiger partial charge is 0.392 e. The van der Waals surface area contributed by atoms with Gasteiger partial charge in [-0.15, -0.1) is 0 Å². The molecule has 2 N–H and O–H groups in total. The molecule has 1 aliphatic heterocycles. The van der Waals surface area contributed by atoms with Gasteiger partial charge in [-0.25, -0.2) is 0 Å². The molecule has 17 heavy (non-hydrogen) atoms.